The summed E-state index contributed by atoms with van der Waals surface area (Å²) in [6.45, 7) is 8.31. The summed E-state index contributed by atoms with van der Waals surface area (Å²) in [5.74, 6) is 1.97. The van der Waals surface area contributed by atoms with Gasteiger partial charge in [-0.15, -0.1) is 0 Å². The highest BCUT2D eigenvalue weighted by molar-refractivity contribution is 5.47. The van der Waals surface area contributed by atoms with Gasteiger partial charge in [0.05, 0.1) is 30.2 Å². The largest absolute Gasteiger partial charge is 0.493 e. The second-order valence-electron chi connectivity index (χ2n) is 7.67. The summed E-state index contributed by atoms with van der Waals surface area (Å²) in [5.41, 5.74) is 2.84. The van der Waals surface area contributed by atoms with Crippen molar-refractivity contribution in [2.24, 2.45) is 0 Å². The molecular formula is C25H33N3O3. The highest BCUT2D eigenvalue weighted by atomic mass is 16.5. The molecule has 1 N–H and O–H groups in total. The molecule has 0 aliphatic heterocycles. The molecule has 0 bridgehead atoms. The third-order valence-corrected chi connectivity index (χ3v) is 5.28. The van der Waals surface area contributed by atoms with Crippen LogP contribution < -0.4 is 9.47 Å². The lowest BCUT2D eigenvalue weighted by Crippen LogP contribution is -2.32. The lowest BCUT2D eigenvalue weighted by molar-refractivity contribution is 0.105. The van der Waals surface area contributed by atoms with Crippen molar-refractivity contribution < 1.29 is 14.6 Å². The molecule has 1 atom stereocenters. The average molecular weight is 424 g/mol. The molecule has 6 nitrogen and oxygen atoms in total. The topological polar surface area (TPSA) is 59.8 Å². The quantitative estimate of drug-likeness (QED) is 0.472. The number of benzene rings is 2. The van der Waals surface area contributed by atoms with Crippen molar-refractivity contribution in [3.05, 3.63) is 65.9 Å². The van der Waals surface area contributed by atoms with Gasteiger partial charge in [0.1, 0.15) is 0 Å². The van der Waals surface area contributed by atoms with Crippen LogP contribution in [0.4, 0.5) is 0 Å². The number of hydrogen-bond acceptors (Lipinski definition) is 5. The SMILES string of the molecule is CCCN(Cc1c(C)nn(-c2ccccc2)c1Oc1ccccc1OC)C[C@@H](O)CC. The monoisotopic (exact) mass is 423 g/mol. The fraction of sp³-hybridized carbons (Fsp3) is 0.400. The second-order valence-corrected chi connectivity index (χ2v) is 7.67. The van der Waals surface area contributed by atoms with E-state index in [9.17, 15) is 5.11 Å². The van der Waals surface area contributed by atoms with Crippen LogP contribution in [-0.2, 0) is 6.54 Å². The Labute approximate surface area is 185 Å². The van der Waals surface area contributed by atoms with E-state index in [1.54, 1.807) is 7.11 Å². The molecule has 1 heterocycles. The van der Waals surface area contributed by atoms with Gasteiger partial charge in [-0.1, -0.05) is 44.2 Å². The number of aliphatic hydroxyl groups is 1. The standard InChI is InChI=1S/C25H33N3O3/c1-5-16-27(17-21(29)6-2)18-22-19(3)26-28(20-12-8-7-9-13-20)25(22)31-24-15-11-10-14-23(24)30-4/h7-15,21,29H,5-6,16-18H2,1-4H3/t21-/m0/s1. The Morgan fingerprint density at radius 3 is 2.35 bits per heavy atom. The van der Waals surface area contributed by atoms with Crippen LogP contribution in [-0.4, -0.2) is 46.1 Å². The van der Waals surface area contributed by atoms with Gasteiger partial charge in [-0.05, 0) is 50.6 Å². The fourth-order valence-corrected chi connectivity index (χ4v) is 3.58. The number of hydrogen-bond donors (Lipinski definition) is 1. The Morgan fingerprint density at radius 1 is 1.03 bits per heavy atom. The number of aryl methyl sites for hydroxylation is 1. The molecule has 166 valence electrons. The highest BCUT2D eigenvalue weighted by Crippen LogP contribution is 2.36. The minimum atomic E-state index is -0.352. The van der Waals surface area contributed by atoms with Gasteiger partial charge in [0.25, 0.3) is 0 Å². The van der Waals surface area contributed by atoms with Gasteiger partial charge in [-0.3, -0.25) is 4.90 Å². The van der Waals surface area contributed by atoms with Crippen LogP contribution in [0.25, 0.3) is 5.69 Å². The van der Waals surface area contributed by atoms with Gasteiger partial charge in [0, 0.05) is 13.1 Å². The Bertz CT molecular complexity index is 956. The van der Waals surface area contributed by atoms with E-state index in [4.69, 9.17) is 14.6 Å². The fourth-order valence-electron chi connectivity index (χ4n) is 3.58. The van der Waals surface area contributed by atoms with Crippen molar-refractivity contribution in [1.82, 2.24) is 14.7 Å². The molecule has 3 rings (SSSR count). The van der Waals surface area contributed by atoms with E-state index >= 15 is 0 Å². The normalized spacial score (nSPS) is 12.2. The summed E-state index contributed by atoms with van der Waals surface area (Å²) in [5, 5.41) is 15.1. The third-order valence-electron chi connectivity index (χ3n) is 5.28. The third kappa shape index (κ3) is 5.66. The summed E-state index contributed by atoms with van der Waals surface area (Å²) in [7, 11) is 1.64. The van der Waals surface area contributed by atoms with E-state index in [1.807, 2.05) is 73.1 Å². The van der Waals surface area contributed by atoms with Crippen molar-refractivity contribution in [1.29, 1.82) is 0 Å². The summed E-state index contributed by atoms with van der Waals surface area (Å²) in [6.07, 6.45) is 1.38. The van der Waals surface area contributed by atoms with Gasteiger partial charge in [-0.2, -0.15) is 5.10 Å². The number of aromatic nitrogens is 2. The minimum Gasteiger partial charge on any atom is -0.493 e. The van der Waals surface area contributed by atoms with E-state index in [0.717, 1.165) is 36.3 Å². The van der Waals surface area contributed by atoms with E-state index in [0.29, 0.717) is 30.5 Å². The molecular weight excluding hydrogens is 390 g/mol. The second kappa shape index (κ2) is 11.0. The minimum absolute atomic E-state index is 0.352. The van der Waals surface area contributed by atoms with Crippen LogP contribution in [0.2, 0.25) is 0 Å². The number of rotatable bonds is 11. The smallest absolute Gasteiger partial charge is 0.227 e. The Morgan fingerprint density at radius 2 is 1.71 bits per heavy atom. The van der Waals surface area contributed by atoms with Crippen LogP contribution in [0.15, 0.2) is 54.6 Å². The maximum Gasteiger partial charge on any atom is 0.227 e. The van der Waals surface area contributed by atoms with Crippen molar-refractivity contribution in [2.75, 3.05) is 20.2 Å². The van der Waals surface area contributed by atoms with E-state index in [-0.39, 0.29) is 6.10 Å². The van der Waals surface area contributed by atoms with Crippen molar-refractivity contribution in [2.45, 2.75) is 46.3 Å². The van der Waals surface area contributed by atoms with Crippen molar-refractivity contribution in [3.8, 4) is 23.1 Å². The molecule has 0 amide bonds. The molecule has 1 aromatic heterocycles. The number of nitrogens with zero attached hydrogens (tertiary/aromatic N) is 3. The summed E-state index contributed by atoms with van der Waals surface area (Å²) < 4.78 is 13.8. The van der Waals surface area contributed by atoms with Crippen LogP contribution in [0.5, 0.6) is 17.4 Å². The van der Waals surface area contributed by atoms with Gasteiger partial charge >= 0.3 is 0 Å². The van der Waals surface area contributed by atoms with E-state index < -0.39 is 0 Å². The molecule has 31 heavy (non-hydrogen) atoms. The van der Waals surface area contributed by atoms with Crippen LogP contribution >= 0.6 is 0 Å². The van der Waals surface area contributed by atoms with Crippen LogP contribution in [0, 0.1) is 6.92 Å². The Balaban J connectivity index is 2.04. The molecule has 3 aromatic rings. The predicted octanol–water partition coefficient (Wildman–Crippen LogP) is 4.96. The maximum absolute atomic E-state index is 10.2. The maximum atomic E-state index is 10.2. The molecule has 0 fully saturated rings. The molecule has 0 radical (unpaired) electrons. The predicted molar refractivity (Wildman–Crippen MR) is 123 cm³/mol. The van der Waals surface area contributed by atoms with Gasteiger partial charge in [0.2, 0.25) is 5.88 Å². The van der Waals surface area contributed by atoms with Gasteiger partial charge < -0.3 is 14.6 Å². The first-order chi connectivity index (χ1) is 15.1. The molecule has 0 spiro atoms. The molecule has 0 unspecified atom stereocenters. The summed E-state index contributed by atoms with van der Waals surface area (Å²) in [6, 6.07) is 17.6. The van der Waals surface area contributed by atoms with E-state index in [1.165, 1.54) is 0 Å². The lowest BCUT2D eigenvalue weighted by atomic mass is 10.2. The molecule has 0 aliphatic carbocycles. The average Bonchev–Trinajstić information content (AvgIpc) is 3.09. The Kier molecular flexibility index (Phi) is 8.09. The van der Waals surface area contributed by atoms with Crippen LogP contribution in [0.3, 0.4) is 0 Å². The Hall–Kier alpha value is -2.83. The molecule has 2 aromatic carbocycles. The highest BCUT2D eigenvalue weighted by Gasteiger charge is 2.23. The molecule has 0 aliphatic rings. The first-order valence-corrected chi connectivity index (χ1v) is 10.9. The van der Waals surface area contributed by atoms with E-state index in [2.05, 4.69) is 11.8 Å². The number of methoxy groups -OCH3 is 1. The van der Waals surface area contributed by atoms with Crippen molar-refractivity contribution >= 4 is 0 Å². The molecule has 0 saturated heterocycles. The van der Waals surface area contributed by atoms with Crippen LogP contribution in [0.1, 0.15) is 37.9 Å². The molecule has 0 saturated carbocycles. The summed E-state index contributed by atoms with van der Waals surface area (Å²) in [4.78, 5) is 2.27. The molecule has 6 heteroatoms. The van der Waals surface area contributed by atoms with Gasteiger partial charge in [-0.25, -0.2) is 4.68 Å². The first-order valence-electron chi connectivity index (χ1n) is 10.9. The van der Waals surface area contributed by atoms with Crippen molar-refractivity contribution in [3.63, 3.8) is 0 Å². The number of aliphatic hydroxyl groups excluding tert-OH is 1. The van der Waals surface area contributed by atoms with Gasteiger partial charge in [0.15, 0.2) is 11.5 Å². The zero-order valence-electron chi connectivity index (χ0n) is 18.9. The number of ether oxygens (including phenoxy) is 2. The first kappa shape index (κ1) is 22.8. The zero-order chi connectivity index (χ0) is 22.2. The zero-order valence-corrected chi connectivity index (χ0v) is 18.9. The summed E-state index contributed by atoms with van der Waals surface area (Å²) >= 11 is 0. The lowest BCUT2D eigenvalue weighted by Gasteiger charge is -2.24. The number of para-hydroxylation sites is 3.